The Morgan fingerprint density at radius 1 is 1.12 bits per heavy atom. The van der Waals surface area contributed by atoms with Crippen molar-refractivity contribution in [3.8, 4) is 11.1 Å². The molecule has 1 aliphatic rings. The number of nitrogens with zero attached hydrogens (tertiary/aromatic N) is 2. The summed E-state index contributed by atoms with van der Waals surface area (Å²) in [6, 6.07) is 16.4. The molecule has 2 aromatic rings. The monoisotopic (exact) mass is 452 g/mol. The van der Waals surface area contributed by atoms with E-state index in [2.05, 4.69) is 34.6 Å². The number of aliphatic imine (C=N–C) groups is 1. The first-order valence-electron chi connectivity index (χ1n) is 11.1. The van der Waals surface area contributed by atoms with Gasteiger partial charge in [-0.1, -0.05) is 48.5 Å². The van der Waals surface area contributed by atoms with Crippen molar-refractivity contribution in [1.29, 1.82) is 0 Å². The van der Waals surface area contributed by atoms with Gasteiger partial charge in [-0.2, -0.15) is 0 Å². The van der Waals surface area contributed by atoms with Gasteiger partial charge in [0.2, 0.25) is 5.91 Å². The zero-order valence-corrected chi connectivity index (χ0v) is 19.4. The number of fused-ring (bicyclic) bond motifs is 3. The molecule has 0 bridgehead atoms. The van der Waals surface area contributed by atoms with Gasteiger partial charge >= 0.3 is 5.97 Å². The fourth-order valence-electron chi connectivity index (χ4n) is 4.18. The van der Waals surface area contributed by atoms with Crippen LogP contribution in [0.5, 0.6) is 0 Å². The van der Waals surface area contributed by atoms with Crippen LogP contribution in [0.2, 0.25) is 0 Å². The van der Waals surface area contributed by atoms with Crippen molar-refractivity contribution in [3.05, 3.63) is 59.7 Å². The van der Waals surface area contributed by atoms with Crippen LogP contribution >= 0.6 is 0 Å². The summed E-state index contributed by atoms with van der Waals surface area (Å²) >= 11 is 0. The fraction of sp³-hybridized carbons (Fsp3) is 0.400. The van der Waals surface area contributed by atoms with Crippen LogP contribution in [-0.2, 0) is 19.2 Å². The molecular formula is C25H32N4O4. The summed E-state index contributed by atoms with van der Waals surface area (Å²) < 4.78 is 5.69. The highest BCUT2D eigenvalue weighted by atomic mass is 16.7. The van der Waals surface area contributed by atoms with Crippen molar-refractivity contribution >= 4 is 17.8 Å². The van der Waals surface area contributed by atoms with Crippen molar-refractivity contribution in [2.24, 2.45) is 16.6 Å². The number of benzene rings is 2. The van der Waals surface area contributed by atoms with Gasteiger partial charge in [-0.25, -0.2) is 5.06 Å². The molecule has 0 spiro atoms. The molecule has 2 aromatic carbocycles. The minimum Gasteiger partial charge on any atom is -0.465 e. The van der Waals surface area contributed by atoms with Gasteiger partial charge in [0, 0.05) is 26.6 Å². The number of rotatable bonds is 10. The molecule has 0 unspecified atom stereocenters. The van der Waals surface area contributed by atoms with E-state index in [1.807, 2.05) is 24.3 Å². The van der Waals surface area contributed by atoms with Crippen LogP contribution in [0.25, 0.3) is 11.1 Å². The van der Waals surface area contributed by atoms with Crippen LogP contribution in [0.4, 0.5) is 0 Å². The van der Waals surface area contributed by atoms with Gasteiger partial charge in [0.15, 0.2) is 5.96 Å². The van der Waals surface area contributed by atoms with E-state index in [4.69, 9.17) is 15.3 Å². The molecule has 3 rings (SSSR count). The van der Waals surface area contributed by atoms with Crippen molar-refractivity contribution in [2.75, 3.05) is 34.4 Å². The quantitative estimate of drug-likeness (QED) is 0.189. The summed E-state index contributed by atoms with van der Waals surface area (Å²) in [5.41, 5.74) is 10.3. The molecule has 176 valence electrons. The number of carbonyl (C=O) groups excluding carboxylic acids is 2. The third kappa shape index (κ3) is 5.90. The summed E-state index contributed by atoms with van der Waals surface area (Å²) in [5, 5.41) is 4.11. The van der Waals surface area contributed by atoms with E-state index >= 15 is 0 Å². The maximum Gasteiger partial charge on any atom is 0.306 e. The predicted octanol–water partition coefficient (Wildman–Crippen LogP) is 2.68. The van der Waals surface area contributed by atoms with Gasteiger partial charge in [0.05, 0.1) is 19.4 Å². The van der Waals surface area contributed by atoms with E-state index in [1.54, 1.807) is 7.05 Å². The minimum atomic E-state index is -0.549. The highest BCUT2D eigenvalue weighted by Crippen LogP contribution is 2.44. The van der Waals surface area contributed by atoms with E-state index in [1.165, 1.54) is 25.3 Å². The second-order valence-electron chi connectivity index (χ2n) is 8.01. The van der Waals surface area contributed by atoms with Gasteiger partial charge in [-0.3, -0.25) is 19.4 Å². The first kappa shape index (κ1) is 24.3. The number of guanidine groups is 1. The van der Waals surface area contributed by atoms with Crippen LogP contribution in [-0.4, -0.2) is 57.3 Å². The zero-order valence-electron chi connectivity index (χ0n) is 19.4. The first-order chi connectivity index (χ1) is 16.0. The van der Waals surface area contributed by atoms with Crippen LogP contribution < -0.4 is 11.1 Å². The van der Waals surface area contributed by atoms with Crippen LogP contribution in [0.3, 0.4) is 0 Å². The number of amides is 1. The third-order valence-corrected chi connectivity index (χ3v) is 6.00. The fourth-order valence-corrected chi connectivity index (χ4v) is 4.18. The van der Waals surface area contributed by atoms with Gasteiger partial charge in [0.1, 0.15) is 6.61 Å². The lowest BCUT2D eigenvalue weighted by molar-refractivity contribution is -0.175. The number of esters is 1. The molecule has 0 fully saturated rings. The first-order valence-corrected chi connectivity index (χ1v) is 11.1. The largest absolute Gasteiger partial charge is 0.465 e. The number of hydrogen-bond donors (Lipinski definition) is 2. The number of ether oxygens (including phenoxy) is 1. The molecule has 0 aliphatic heterocycles. The Hall–Kier alpha value is -3.39. The third-order valence-electron chi connectivity index (χ3n) is 6.00. The molecule has 0 saturated carbocycles. The van der Waals surface area contributed by atoms with E-state index in [-0.39, 0.29) is 24.9 Å². The van der Waals surface area contributed by atoms with Gasteiger partial charge < -0.3 is 15.8 Å². The molecule has 1 amide bonds. The molecule has 0 saturated heterocycles. The lowest BCUT2D eigenvalue weighted by atomic mass is 9.97. The smallest absolute Gasteiger partial charge is 0.306 e. The average molecular weight is 453 g/mol. The molecule has 8 heteroatoms. The molecule has 0 aromatic heterocycles. The average Bonchev–Trinajstić information content (AvgIpc) is 3.17. The Labute approximate surface area is 194 Å². The van der Waals surface area contributed by atoms with Gasteiger partial charge in [-0.05, 0) is 35.1 Å². The topological polar surface area (TPSA) is 106 Å². The number of hydrogen-bond acceptors (Lipinski definition) is 5. The molecule has 0 heterocycles. The molecule has 33 heavy (non-hydrogen) atoms. The number of nitrogens with one attached hydrogen (secondary N) is 1. The van der Waals surface area contributed by atoms with Crippen LogP contribution in [0.1, 0.15) is 36.3 Å². The summed E-state index contributed by atoms with van der Waals surface area (Å²) in [4.78, 5) is 34.3. The van der Waals surface area contributed by atoms with E-state index < -0.39 is 11.9 Å². The van der Waals surface area contributed by atoms with Gasteiger partial charge in [0.25, 0.3) is 0 Å². The van der Waals surface area contributed by atoms with E-state index in [0.29, 0.717) is 25.3 Å². The molecule has 3 N–H and O–H groups in total. The lowest BCUT2D eigenvalue weighted by Crippen LogP contribution is -2.35. The van der Waals surface area contributed by atoms with Gasteiger partial charge in [-0.15, -0.1) is 0 Å². The van der Waals surface area contributed by atoms with E-state index in [0.717, 1.165) is 16.2 Å². The molecule has 0 radical (unpaired) electrons. The maximum atomic E-state index is 12.7. The van der Waals surface area contributed by atoms with Crippen LogP contribution in [0.15, 0.2) is 53.5 Å². The second-order valence-corrected chi connectivity index (χ2v) is 8.01. The SMILES string of the molecule is CN=C(N)NCCC[C@H](CC(=O)OCC1c2ccccc2-c2ccccc21)C(=O)N(C)OC. The maximum absolute atomic E-state index is 12.7. The molecular weight excluding hydrogens is 420 g/mol. The van der Waals surface area contributed by atoms with Crippen molar-refractivity contribution in [1.82, 2.24) is 10.4 Å². The van der Waals surface area contributed by atoms with Crippen molar-refractivity contribution in [2.45, 2.75) is 25.2 Å². The highest BCUT2D eigenvalue weighted by Gasteiger charge is 2.30. The number of nitrogens with two attached hydrogens (primary N) is 1. The highest BCUT2D eigenvalue weighted by molar-refractivity contribution is 5.83. The lowest BCUT2D eigenvalue weighted by Gasteiger charge is -2.22. The Balaban J connectivity index is 1.62. The molecule has 1 atom stereocenters. The van der Waals surface area contributed by atoms with Crippen molar-refractivity contribution in [3.63, 3.8) is 0 Å². The van der Waals surface area contributed by atoms with Crippen molar-refractivity contribution < 1.29 is 19.2 Å². The normalized spacial score (nSPS) is 13.7. The zero-order chi connectivity index (χ0) is 23.8. The number of hydroxylamine groups is 2. The predicted molar refractivity (Wildman–Crippen MR) is 127 cm³/mol. The standard InChI is InChI=1S/C25H32N4O4/c1-27-25(26)28-14-8-9-17(24(31)29(2)32-3)15-23(30)33-16-22-20-12-6-4-10-18(20)19-11-5-7-13-21(19)22/h4-7,10-13,17,22H,8-9,14-16H2,1-3H3,(H3,26,27,28)/t17-/m1/s1. The Bertz CT molecular complexity index is 962. The Morgan fingerprint density at radius 2 is 1.73 bits per heavy atom. The summed E-state index contributed by atoms with van der Waals surface area (Å²) in [5.74, 6) is -0.890. The Kier molecular flexibility index (Phi) is 8.43. The Morgan fingerprint density at radius 3 is 2.30 bits per heavy atom. The summed E-state index contributed by atoms with van der Waals surface area (Å²) in [7, 11) is 4.55. The summed E-state index contributed by atoms with van der Waals surface area (Å²) in [6.45, 7) is 0.785. The molecule has 1 aliphatic carbocycles. The van der Waals surface area contributed by atoms with Crippen LogP contribution in [0, 0.1) is 5.92 Å². The number of carbonyl (C=O) groups is 2. The molecule has 8 nitrogen and oxygen atoms in total. The van der Waals surface area contributed by atoms with E-state index in [9.17, 15) is 9.59 Å². The summed E-state index contributed by atoms with van der Waals surface area (Å²) in [6.07, 6.45) is 1.11. The minimum absolute atomic E-state index is 0.0140. The second kappa shape index (κ2) is 11.5.